The van der Waals surface area contributed by atoms with Gasteiger partial charge in [0.1, 0.15) is 11.5 Å². The molecule has 0 aliphatic carbocycles. The number of hydrogen-bond acceptors (Lipinski definition) is 5. The Hall–Kier alpha value is -3.40. The van der Waals surface area contributed by atoms with Crippen molar-refractivity contribution in [3.05, 3.63) is 96.1 Å². The fraction of sp³-hybridized carbons (Fsp3) is 0.367. The van der Waals surface area contributed by atoms with Gasteiger partial charge in [0, 0.05) is 32.5 Å². The Kier molecular flexibility index (Phi) is 10.5. The summed E-state index contributed by atoms with van der Waals surface area (Å²) in [5.74, 6) is 0.688. The first-order valence-corrected chi connectivity index (χ1v) is 14.4. The second-order valence-corrected chi connectivity index (χ2v) is 11.9. The van der Waals surface area contributed by atoms with E-state index in [-0.39, 0.29) is 43.3 Å². The van der Waals surface area contributed by atoms with Crippen LogP contribution in [0, 0.1) is 5.92 Å². The molecule has 39 heavy (non-hydrogen) atoms. The average molecular weight is 555 g/mol. The summed E-state index contributed by atoms with van der Waals surface area (Å²) in [5.41, 5.74) is -0.349. The lowest BCUT2D eigenvalue weighted by Gasteiger charge is -2.40. The summed E-state index contributed by atoms with van der Waals surface area (Å²) in [7, 11) is -2.66. The van der Waals surface area contributed by atoms with Crippen LogP contribution in [0.3, 0.4) is 0 Å². The first kappa shape index (κ1) is 30.1. The molecule has 1 atom stereocenters. The smallest absolute Gasteiger partial charge is 0.407 e. The van der Waals surface area contributed by atoms with Gasteiger partial charge in [-0.2, -0.15) is 4.31 Å². The summed E-state index contributed by atoms with van der Waals surface area (Å²) in [6, 6.07) is 24.4. The third-order valence-corrected chi connectivity index (χ3v) is 8.59. The molecule has 0 saturated heterocycles. The predicted molar refractivity (Wildman–Crippen MR) is 151 cm³/mol. The Bertz CT molecular complexity index is 1280. The second-order valence-electron chi connectivity index (χ2n) is 10.0. The quantitative estimate of drug-likeness (QED) is 0.264. The van der Waals surface area contributed by atoms with E-state index in [9.17, 15) is 23.4 Å². The van der Waals surface area contributed by atoms with Crippen molar-refractivity contribution in [3.8, 4) is 5.75 Å². The first-order valence-electron chi connectivity index (χ1n) is 13.0. The largest absolute Gasteiger partial charge is 0.497 e. The third kappa shape index (κ3) is 8.29. The van der Waals surface area contributed by atoms with Crippen LogP contribution in [0.15, 0.2) is 89.8 Å². The SMILES string of the molecule is COc1ccc(S(=O)(=O)N(CCC(C)C)C(O)(CCN(Cc2ccccc2)C(=O)O)Cc2ccccc2)cc1. The number of methoxy groups -OCH3 is 1. The van der Waals surface area contributed by atoms with Gasteiger partial charge < -0.3 is 19.8 Å². The van der Waals surface area contributed by atoms with Gasteiger partial charge in [-0.15, -0.1) is 0 Å². The lowest BCUT2D eigenvalue weighted by atomic mass is 9.98. The summed E-state index contributed by atoms with van der Waals surface area (Å²) in [5, 5.41) is 22.2. The van der Waals surface area contributed by atoms with Gasteiger partial charge in [-0.1, -0.05) is 74.5 Å². The molecule has 3 aromatic carbocycles. The first-order chi connectivity index (χ1) is 18.5. The zero-order valence-electron chi connectivity index (χ0n) is 22.7. The number of aliphatic hydroxyl groups is 1. The van der Waals surface area contributed by atoms with Crippen molar-refractivity contribution in [1.82, 2.24) is 9.21 Å². The maximum atomic E-state index is 14.0. The second kappa shape index (κ2) is 13.6. The number of nitrogens with zero attached hydrogens (tertiary/aromatic N) is 2. The highest BCUT2D eigenvalue weighted by Gasteiger charge is 2.43. The topological polar surface area (TPSA) is 107 Å². The van der Waals surface area contributed by atoms with Crippen molar-refractivity contribution in [1.29, 1.82) is 0 Å². The van der Waals surface area contributed by atoms with Crippen LogP contribution in [-0.4, -0.2) is 59.9 Å². The summed E-state index contributed by atoms with van der Waals surface area (Å²) < 4.78 is 34.4. The van der Waals surface area contributed by atoms with Gasteiger partial charge in [0.25, 0.3) is 0 Å². The highest BCUT2D eigenvalue weighted by molar-refractivity contribution is 7.89. The van der Waals surface area contributed by atoms with Gasteiger partial charge in [0.05, 0.1) is 12.0 Å². The number of carboxylic acid groups (broad SMARTS) is 1. The minimum atomic E-state index is -4.16. The Morgan fingerprint density at radius 1 is 0.897 bits per heavy atom. The van der Waals surface area contributed by atoms with E-state index in [1.807, 2.05) is 74.5 Å². The van der Waals surface area contributed by atoms with Gasteiger partial charge in [-0.3, -0.25) is 0 Å². The fourth-order valence-electron chi connectivity index (χ4n) is 4.39. The van der Waals surface area contributed by atoms with E-state index in [1.54, 1.807) is 12.1 Å². The number of sulfonamides is 1. The number of hydrogen-bond donors (Lipinski definition) is 2. The van der Waals surface area contributed by atoms with Gasteiger partial charge in [0.15, 0.2) is 0 Å². The van der Waals surface area contributed by atoms with Crippen molar-refractivity contribution in [3.63, 3.8) is 0 Å². The molecule has 0 aliphatic heterocycles. The molecule has 0 aromatic heterocycles. The van der Waals surface area contributed by atoms with Crippen LogP contribution < -0.4 is 4.74 Å². The van der Waals surface area contributed by atoms with Gasteiger partial charge in [-0.05, 0) is 47.7 Å². The molecule has 1 amide bonds. The number of benzene rings is 3. The summed E-state index contributed by atoms with van der Waals surface area (Å²) in [6.45, 7) is 4.10. The molecule has 0 bridgehead atoms. The van der Waals surface area contributed by atoms with E-state index in [0.717, 1.165) is 15.4 Å². The Morgan fingerprint density at radius 3 is 1.97 bits per heavy atom. The molecule has 9 heteroatoms. The molecule has 0 saturated carbocycles. The third-order valence-electron chi connectivity index (χ3n) is 6.62. The Labute approximate surface area is 231 Å². The molecular formula is C30H38N2O6S. The van der Waals surface area contributed by atoms with E-state index >= 15 is 0 Å². The van der Waals surface area contributed by atoms with Crippen LogP contribution in [0.5, 0.6) is 5.75 Å². The highest BCUT2D eigenvalue weighted by Crippen LogP contribution is 2.31. The lowest BCUT2D eigenvalue weighted by Crippen LogP contribution is -2.55. The van der Waals surface area contributed by atoms with Crippen molar-refractivity contribution in [2.45, 2.75) is 50.3 Å². The molecule has 210 valence electrons. The Balaban J connectivity index is 2.01. The monoisotopic (exact) mass is 554 g/mol. The summed E-state index contributed by atoms with van der Waals surface area (Å²) in [6.07, 6.45) is -0.749. The molecule has 0 heterocycles. The van der Waals surface area contributed by atoms with Crippen LogP contribution in [-0.2, 0) is 23.0 Å². The zero-order chi connectivity index (χ0) is 28.5. The van der Waals surface area contributed by atoms with Crippen LogP contribution in [0.2, 0.25) is 0 Å². The van der Waals surface area contributed by atoms with E-state index in [0.29, 0.717) is 12.2 Å². The van der Waals surface area contributed by atoms with Crippen molar-refractivity contribution >= 4 is 16.1 Å². The van der Waals surface area contributed by atoms with Crippen LogP contribution >= 0.6 is 0 Å². The molecule has 3 rings (SSSR count). The lowest BCUT2D eigenvalue weighted by molar-refractivity contribution is -0.0727. The van der Waals surface area contributed by atoms with Crippen molar-refractivity contribution in [2.75, 3.05) is 20.2 Å². The average Bonchev–Trinajstić information content (AvgIpc) is 2.91. The molecule has 2 N–H and O–H groups in total. The van der Waals surface area contributed by atoms with Crippen LogP contribution in [0.1, 0.15) is 37.8 Å². The van der Waals surface area contributed by atoms with Crippen molar-refractivity contribution in [2.24, 2.45) is 5.92 Å². The maximum absolute atomic E-state index is 14.0. The molecule has 3 aromatic rings. The van der Waals surface area contributed by atoms with Crippen LogP contribution in [0.25, 0.3) is 0 Å². The van der Waals surface area contributed by atoms with Crippen LogP contribution in [0.4, 0.5) is 4.79 Å². The molecule has 0 fully saturated rings. The van der Waals surface area contributed by atoms with Gasteiger partial charge >= 0.3 is 6.09 Å². The number of amides is 1. The minimum Gasteiger partial charge on any atom is -0.497 e. The highest BCUT2D eigenvalue weighted by atomic mass is 32.2. The van der Waals surface area contributed by atoms with Gasteiger partial charge in [0.2, 0.25) is 10.0 Å². The van der Waals surface area contributed by atoms with Gasteiger partial charge in [-0.25, -0.2) is 13.2 Å². The number of carbonyl (C=O) groups is 1. The van der Waals surface area contributed by atoms with E-state index in [1.165, 1.54) is 24.1 Å². The predicted octanol–water partition coefficient (Wildman–Crippen LogP) is 5.23. The molecule has 8 nitrogen and oxygen atoms in total. The fourth-order valence-corrected chi connectivity index (χ4v) is 6.07. The number of rotatable bonds is 14. The molecule has 0 spiro atoms. The minimum absolute atomic E-state index is 0.000115. The summed E-state index contributed by atoms with van der Waals surface area (Å²) >= 11 is 0. The zero-order valence-corrected chi connectivity index (χ0v) is 23.5. The molecular weight excluding hydrogens is 516 g/mol. The molecule has 0 aliphatic rings. The Morgan fingerprint density at radius 2 is 1.46 bits per heavy atom. The standard InChI is InChI=1S/C30H38N2O6S/c1-24(2)18-20-32(39(36,37)28-16-14-27(38-3)15-17-28)30(35,22-25-10-6-4-7-11-25)19-21-31(29(33)34)23-26-12-8-5-9-13-26/h4-17,24,35H,18-23H2,1-3H3,(H,33,34). The van der Waals surface area contributed by atoms with Crippen molar-refractivity contribution < 1.29 is 28.2 Å². The maximum Gasteiger partial charge on any atom is 0.407 e. The number of ether oxygens (including phenoxy) is 1. The van der Waals surface area contributed by atoms with E-state index in [2.05, 4.69) is 0 Å². The van der Waals surface area contributed by atoms with E-state index in [4.69, 9.17) is 4.74 Å². The van der Waals surface area contributed by atoms with E-state index < -0.39 is 21.8 Å². The molecule has 0 radical (unpaired) electrons. The normalized spacial score (nSPS) is 13.3. The molecule has 1 unspecified atom stereocenters. The summed E-state index contributed by atoms with van der Waals surface area (Å²) in [4.78, 5) is 13.4.